The lowest BCUT2D eigenvalue weighted by Crippen LogP contribution is -2.15. The van der Waals surface area contributed by atoms with Crippen LogP contribution in [0.5, 0.6) is 5.75 Å². The van der Waals surface area contributed by atoms with Crippen LogP contribution < -0.4 is 4.74 Å². The Morgan fingerprint density at radius 2 is 1.71 bits per heavy atom. The fourth-order valence-electron chi connectivity index (χ4n) is 1.95. The van der Waals surface area contributed by atoms with E-state index in [0.717, 1.165) is 16.9 Å². The fraction of sp³-hybridized carbons (Fsp3) is 0.176. The highest BCUT2D eigenvalue weighted by atomic mass is 16.6. The van der Waals surface area contributed by atoms with Crippen molar-refractivity contribution in [1.82, 2.24) is 0 Å². The number of nitrogens with zero attached hydrogens (tertiary/aromatic N) is 1. The van der Waals surface area contributed by atoms with E-state index in [-0.39, 0.29) is 5.78 Å². The number of ketones is 1. The van der Waals surface area contributed by atoms with Gasteiger partial charge in [0.15, 0.2) is 11.5 Å². The molecule has 4 heteroatoms. The number of rotatable bonds is 6. The van der Waals surface area contributed by atoms with Gasteiger partial charge in [0.1, 0.15) is 19.5 Å². The van der Waals surface area contributed by atoms with Crippen molar-refractivity contribution in [2.45, 2.75) is 13.5 Å². The van der Waals surface area contributed by atoms with E-state index >= 15 is 0 Å². The number of para-hydroxylation sites is 1. The third-order valence-electron chi connectivity index (χ3n) is 2.93. The molecule has 2 rings (SSSR count). The molecule has 0 saturated heterocycles. The van der Waals surface area contributed by atoms with Crippen LogP contribution in [0.2, 0.25) is 0 Å². The van der Waals surface area contributed by atoms with Crippen LogP contribution in [0, 0.1) is 0 Å². The summed E-state index contributed by atoms with van der Waals surface area (Å²) in [6.07, 6.45) is 0. The first-order chi connectivity index (χ1) is 10.2. The minimum absolute atomic E-state index is 0.149. The zero-order valence-corrected chi connectivity index (χ0v) is 12.1. The van der Waals surface area contributed by atoms with Crippen LogP contribution in [-0.2, 0) is 16.2 Å². The normalized spacial score (nSPS) is 11.0. The Morgan fingerprint density at radius 1 is 1.05 bits per heavy atom. The number of Topliss-reactive ketones (excluding diaryl/α,β-unsaturated/α-hetero) is 1. The lowest BCUT2D eigenvalue weighted by atomic mass is 10.0. The molecule has 2 aromatic carbocycles. The van der Waals surface area contributed by atoms with Crippen molar-refractivity contribution in [2.24, 2.45) is 5.16 Å². The van der Waals surface area contributed by atoms with Crippen LogP contribution in [0.4, 0.5) is 0 Å². The van der Waals surface area contributed by atoms with Crippen LogP contribution >= 0.6 is 0 Å². The quantitative estimate of drug-likeness (QED) is 0.604. The molecule has 0 aliphatic heterocycles. The molecule has 21 heavy (non-hydrogen) atoms. The third kappa shape index (κ3) is 3.92. The molecule has 0 saturated carbocycles. The third-order valence-corrected chi connectivity index (χ3v) is 2.93. The van der Waals surface area contributed by atoms with Gasteiger partial charge in [-0.25, -0.2) is 0 Å². The minimum atomic E-state index is -0.149. The van der Waals surface area contributed by atoms with Crippen LogP contribution in [0.25, 0.3) is 0 Å². The lowest BCUT2D eigenvalue weighted by molar-refractivity contribution is -0.111. The fourth-order valence-corrected chi connectivity index (χ4v) is 1.95. The molecule has 0 atom stereocenters. The molecule has 0 amide bonds. The van der Waals surface area contributed by atoms with Crippen molar-refractivity contribution in [3.63, 3.8) is 0 Å². The van der Waals surface area contributed by atoms with Gasteiger partial charge in [0, 0.05) is 12.5 Å². The molecule has 0 N–H and O–H groups in total. The molecule has 4 nitrogen and oxygen atoms in total. The van der Waals surface area contributed by atoms with Gasteiger partial charge in [-0.15, -0.1) is 0 Å². The average Bonchev–Trinajstić information content (AvgIpc) is 2.52. The van der Waals surface area contributed by atoms with E-state index in [2.05, 4.69) is 5.16 Å². The van der Waals surface area contributed by atoms with Gasteiger partial charge in [-0.3, -0.25) is 4.79 Å². The number of hydrogen-bond acceptors (Lipinski definition) is 4. The Labute approximate surface area is 124 Å². The van der Waals surface area contributed by atoms with Crippen molar-refractivity contribution in [1.29, 1.82) is 0 Å². The topological polar surface area (TPSA) is 47.9 Å². The molecule has 0 bridgehead atoms. The van der Waals surface area contributed by atoms with E-state index < -0.39 is 0 Å². The second kappa shape index (κ2) is 7.24. The van der Waals surface area contributed by atoms with Crippen molar-refractivity contribution in [2.75, 3.05) is 7.11 Å². The second-order valence-electron chi connectivity index (χ2n) is 4.44. The van der Waals surface area contributed by atoms with Crippen molar-refractivity contribution in [3.8, 4) is 5.75 Å². The Balaban J connectivity index is 2.24. The van der Waals surface area contributed by atoms with E-state index in [0.29, 0.717) is 12.3 Å². The molecule has 0 aliphatic rings. The van der Waals surface area contributed by atoms with Gasteiger partial charge >= 0.3 is 0 Å². The largest absolute Gasteiger partial charge is 0.489 e. The molecule has 2 aromatic rings. The number of hydrogen-bond donors (Lipinski definition) is 0. The first kappa shape index (κ1) is 14.8. The number of oxime groups is 1. The smallest absolute Gasteiger partial charge is 0.182 e. The maximum Gasteiger partial charge on any atom is 0.182 e. The molecule has 0 spiro atoms. The zero-order chi connectivity index (χ0) is 15.1. The van der Waals surface area contributed by atoms with Crippen LogP contribution in [-0.4, -0.2) is 18.6 Å². The second-order valence-corrected chi connectivity index (χ2v) is 4.44. The summed E-state index contributed by atoms with van der Waals surface area (Å²) in [4.78, 5) is 16.5. The molecule has 0 aliphatic carbocycles. The summed E-state index contributed by atoms with van der Waals surface area (Å²) in [5, 5.41) is 3.82. The monoisotopic (exact) mass is 283 g/mol. The SMILES string of the molecule is CO/N=C(/C(C)=O)c1ccccc1COc1ccccc1. The molecule has 108 valence electrons. The highest BCUT2D eigenvalue weighted by Crippen LogP contribution is 2.16. The number of carbonyl (C=O) groups is 1. The summed E-state index contributed by atoms with van der Waals surface area (Å²) in [6.45, 7) is 1.82. The van der Waals surface area contributed by atoms with E-state index in [9.17, 15) is 4.79 Å². The minimum Gasteiger partial charge on any atom is -0.489 e. The lowest BCUT2D eigenvalue weighted by Gasteiger charge is -2.11. The summed E-state index contributed by atoms with van der Waals surface area (Å²) in [5.74, 6) is 0.629. The molecule has 0 aromatic heterocycles. The highest BCUT2D eigenvalue weighted by Gasteiger charge is 2.14. The van der Waals surface area contributed by atoms with Crippen molar-refractivity contribution < 1.29 is 14.4 Å². The summed E-state index contributed by atoms with van der Waals surface area (Å²) >= 11 is 0. The maximum atomic E-state index is 11.7. The Hall–Kier alpha value is -2.62. The highest BCUT2D eigenvalue weighted by molar-refractivity contribution is 6.45. The van der Waals surface area contributed by atoms with Crippen molar-refractivity contribution in [3.05, 3.63) is 65.7 Å². The number of carbonyl (C=O) groups excluding carboxylic acids is 1. The maximum absolute atomic E-state index is 11.7. The molecule has 0 heterocycles. The Bertz CT molecular complexity index is 635. The summed E-state index contributed by atoms with van der Waals surface area (Å²) < 4.78 is 5.73. The van der Waals surface area contributed by atoms with Gasteiger partial charge in [-0.2, -0.15) is 0 Å². The molecule has 0 fully saturated rings. The zero-order valence-electron chi connectivity index (χ0n) is 12.1. The van der Waals surface area contributed by atoms with Gasteiger partial charge in [0.2, 0.25) is 0 Å². The predicted octanol–water partition coefficient (Wildman–Crippen LogP) is 3.21. The summed E-state index contributed by atoms with van der Waals surface area (Å²) in [5.41, 5.74) is 1.90. The number of ether oxygens (including phenoxy) is 1. The first-order valence-corrected chi connectivity index (χ1v) is 6.60. The van der Waals surface area contributed by atoms with E-state index in [1.165, 1.54) is 14.0 Å². The Kier molecular flexibility index (Phi) is 5.10. The van der Waals surface area contributed by atoms with E-state index in [1.54, 1.807) is 0 Å². The van der Waals surface area contributed by atoms with Gasteiger partial charge < -0.3 is 9.57 Å². The predicted molar refractivity (Wildman–Crippen MR) is 81.4 cm³/mol. The van der Waals surface area contributed by atoms with Gasteiger partial charge in [0.05, 0.1) is 0 Å². The van der Waals surface area contributed by atoms with Gasteiger partial charge in [-0.05, 0) is 17.7 Å². The summed E-state index contributed by atoms with van der Waals surface area (Å²) in [6, 6.07) is 17.0. The molecule has 0 radical (unpaired) electrons. The van der Waals surface area contributed by atoms with Crippen LogP contribution in [0.1, 0.15) is 18.1 Å². The van der Waals surface area contributed by atoms with Crippen LogP contribution in [0.15, 0.2) is 59.8 Å². The summed E-state index contributed by atoms with van der Waals surface area (Å²) in [7, 11) is 1.42. The molecule has 0 unspecified atom stereocenters. The van der Waals surface area contributed by atoms with Gasteiger partial charge in [-0.1, -0.05) is 47.6 Å². The average molecular weight is 283 g/mol. The number of benzene rings is 2. The van der Waals surface area contributed by atoms with Crippen molar-refractivity contribution >= 4 is 11.5 Å². The Morgan fingerprint density at radius 3 is 2.38 bits per heavy atom. The van der Waals surface area contributed by atoms with Crippen LogP contribution in [0.3, 0.4) is 0 Å². The van der Waals surface area contributed by atoms with E-state index in [4.69, 9.17) is 9.57 Å². The first-order valence-electron chi connectivity index (χ1n) is 6.60. The molecular formula is C17H17NO3. The van der Waals surface area contributed by atoms with Gasteiger partial charge in [0.25, 0.3) is 0 Å². The standard InChI is InChI=1S/C17H17NO3/c1-13(19)17(18-20-2)16-11-7-6-8-14(16)12-21-15-9-4-3-5-10-15/h3-11H,12H2,1-2H3/b18-17-. The van der Waals surface area contributed by atoms with E-state index in [1.807, 2.05) is 54.6 Å². The molecular weight excluding hydrogens is 266 g/mol.